The Kier molecular flexibility index (Phi) is 3.91. The molecule has 0 N–H and O–H groups in total. The predicted octanol–water partition coefficient (Wildman–Crippen LogP) is 3.39. The number of hydrogen-bond acceptors (Lipinski definition) is 3. The zero-order chi connectivity index (χ0) is 13.4. The molecule has 1 aromatic rings. The van der Waals surface area contributed by atoms with Crippen LogP contribution in [0.25, 0.3) is 0 Å². The Bertz CT molecular complexity index is 396. The van der Waals surface area contributed by atoms with Crippen LogP contribution in [0.2, 0.25) is 0 Å². The summed E-state index contributed by atoms with van der Waals surface area (Å²) in [5.74, 6) is 0. The lowest BCUT2D eigenvalue weighted by atomic mass is 9.83. The van der Waals surface area contributed by atoms with Gasteiger partial charge in [-0.1, -0.05) is 13.3 Å². The van der Waals surface area contributed by atoms with Crippen molar-refractivity contribution in [1.82, 2.24) is 0 Å². The van der Waals surface area contributed by atoms with E-state index >= 15 is 0 Å². The van der Waals surface area contributed by atoms with Crippen LogP contribution in [0, 0.1) is 0 Å². The minimum Gasteiger partial charge on any atom is -0.399 e. The molecule has 0 bridgehead atoms. The van der Waals surface area contributed by atoms with Crippen LogP contribution in [-0.4, -0.2) is 18.3 Å². The monoisotopic (exact) mass is 266 g/mol. The lowest BCUT2D eigenvalue weighted by Gasteiger charge is -2.32. The molecule has 2 nitrogen and oxygen atoms in total. The summed E-state index contributed by atoms with van der Waals surface area (Å²) in [6, 6.07) is 2.21. The molecule has 0 atom stereocenters. The van der Waals surface area contributed by atoms with E-state index in [4.69, 9.17) is 9.31 Å². The molecule has 0 aromatic carbocycles. The fourth-order valence-electron chi connectivity index (χ4n) is 2.08. The molecule has 0 saturated carbocycles. The lowest BCUT2D eigenvalue weighted by Crippen LogP contribution is -2.41. The Morgan fingerprint density at radius 2 is 1.78 bits per heavy atom. The number of hydrogen-bond donors (Lipinski definition) is 0. The highest BCUT2D eigenvalue weighted by atomic mass is 32.1. The SMILES string of the molecule is CCCCc1ccsc1B1OC(C)(C)C(C)(C)O1. The van der Waals surface area contributed by atoms with E-state index in [1.807, 2.05) is 0 Å². The van der Waals surface area contributed by atoms with Gasteiger partial charge in [0.25, 0.3) is 0 Å². The van der Waals surface area contributed by atoms with Gasteiger partial charge in [0.15, 0.2) is 0 Å². The van der Waals surface area contributed by atoms with Crippen molar-refractivity contribution >= 4 is 23.2 Å². The number of aryl methyl sites for hydroxylation is 1. The summed E-state index contributed by atoms with van der Waals surface area (Å²) in [7, 11) is -0.193. The van der Waals surface area contributed by atoms with Crippen LogP contribution < -0.4 is 4.78 Å². The van der Waals surface area contributed by atoms with Gasteiger partial charge in [0.1, 0.15) is 0 Å². The number of unbranched alkanes of at least 4 members (excludes halogenated alkanes) is 1. The third-order valence-electron chi connectivity index (χ3n) is 4.05. The third kappa shape index (κ3) is 2.51. The van der Waals surface area contributed by atoms with E-state index < -0.39 is 0 Å². The average Bonchev–Trinajstić information content (AvgIpc) is 2.79. The standard InChI is InChI=1S/C14H23BO2S/c1-6-7-8-11-9-10-18-12(11)15-16-13(2,3)14(4,5)17-15/h9-10H,6-8H2,1-5H3. The lowest BCUT2D eigenvalue weighted by molar-refractivity contribution is 0.00578. The van der Waals surface area contributed by atoms with E-state index in [0.29, 0.717) is 0 Å². The molecule has 1 aromatic heterocycles. The van der Waals surface area contributed by atoms with E-state index in [2.05, 4.69) is 46.1 Å². The van der Waals surface area contributed by atoms with Crippen molar-refractivity contribution in [2.75, 3.05) is 0 Å². The molecular formula is C14H23BO2S. The van der Waals surface area contributed by atoms with Gasteiger partial charge in [-0.3, -0.25) is 0 Å². The molecule has 1 aliphatic rings. The van der Waals surface area contributed by atoms with Gasteiger partial charge in [0.05, 0.1) is 11.2 Å². The molecule has 18 heavy (non-hydrogen) atoms. The van der Waals surface area contributed by atoms with Crippen LogP contribution in [0.15, 0.2) is 11.4 Å². The quantitative estimate of drug-likeness (QED) is 0.778. The summed E-state index contributed by atoms with van der Waals surface area (Å²) in [5, 5.41) is 2.14. The Morgan fingerprint density at radius 3 is 2.33 bits per heavy atom. The van der Waals surface area contributed by atoms with Gasteiger partial charge >= 0.3 is 7.12 Å². The first kappa shape index (κ1) is 14.1. The summed E-state index contributed by atoms with van der Waals surface area (Å²) in [6.07, 6.45) is 3.57. The van der Waals surface area contributed by atoms with Crippen molar-refractivity contribution in [3.05, 3.63) is 17.0 Å². The van der Waals surface area contributed by atoms with E-state index in [1.54, 1.807) is 11.3 Å². The van der Waals surface area contributed by atoms with Crippen molar-refractivity contribution < 1.29 is 9.31 Å². The van der Waals surface area contributed by atoms with Crippen LogP contribution >= 0.6 is 11.3 Å². The first-order valence-corrected chi connectivity index (χ1v) is 7.67. The van der Waals surface area contributed by atoms with E-state index in [1.165, 1.54) is 23.2 Å². The van der Waals surface area contributed by atoms with E-state index in [-0.39, 0.29) is 18.3 Å². The molecule has 0 unspecified atom stereocenters. The number of rotatable bonds is 4. The molecule has 1 saturated heterocycles. The molecule has 1 aliphatic heterocycles. The van der Waals surface area contributed by atoms with Gasteiger partial charge in [0.2, 0.25) is 0 Å². The van der Waals surface area contributed by atoms with Gasteiger partial charge in [-0.05, 0) is 57.5 Å². The molecule has 100 valence electrons. The van der Waals surface area contributed by atoms with Gasteiger partial charge in [-0.15, -0.1) is 0 Å². The van der Waals surface area contributed by atoms with Gasteiger partial charge in [-0.2, -0.15) is 11.3 Å². The van der Waals surface area contributed by atoms with Crippen molar-refractivity contribution in [3.8, 4) is 0 Å². The molecule has 2 rings (SSSR count). The second-order valence-electron chi connectivity index (χ2n) is 6.00. The largest absolute Gasteiger partial charge is 0.505 e. The summed E-state index contributed by atoms with van der Waals surface area (Å²) < 4.78 is 13.5. The first-order chi connectivity index (χ1) is 8.37. The van der Waals surface area contributed by atoms with Crippen LogP contribution in [0.1, 0.15) is 53.0 Å². The van der Waals surface area contributed by atoms with Crippen molar-refractivity contribution in [1.29, 1.82) is 0 Å². The molecule has 1 fully saturated rings. The van der Waals surface area contributed by atoms with Gasteiger partial charge in [-0.25, -0.2) is 0 Å². The smallest absolute Gasteiger partial charge is 0.399 e. The molecule has 0 radical (unpaired) electrons. The zero-order valence-electron chi connectivity index (χ0n) is 12.1. The van der Waals surface area contributed by atoms with E-state index in [0.717, 1.165) is 6.42 Å². The highest BCUT2D eigenvalue weighted by Crippen LogP contribution is 2.37. The van der Waals surface area contributed by atoms with Crippen LogP contribution in [0.4, 0.5) is 0 Å². The third-order valence-corrected chi connectivity index (χ3v) is 5.03. The Hall–Kier alpha value is -0.315. The zero-order valence-corrected chi connectivity index (χ0v) is 12.9. The minimum absolute atomic E-state index is 0.193. The predicted molar refractivity (Wildman–Crippen MR) is 78.6 cm³/mol. The molecular weight excluding hydrogens is 243 g/mol. The summed E-state index contributed by atoms with van der Waals surface area (Å²) in [6.45, 7) is 10.6. The molecule has 2 heterocycles. The normalized spacial score (nSPS) is 21.5. The summed E-state index contributed by atoms with van der Waals surface area (Å²) in [5.41, 5.74) is 0.897. The van der Waals surface area contributed by atoms with E-state index in [9.17, 15) is 0 Å². The first-order valence-electron chi connectivity index (χ1n) is 6.79. The molecule has 0 aliphatic carbocycles. The van der Waals surface area contributed by atoms with Crippen LogP contribution in [0.5, 0.6) is 0 Å². The molecule has 0 amide bonds. The average molecular weight is 266 g/mol. The second-order valence-corrected chi connectivity index (χ2v) is 6.95. The maximum Gasteiger partial charge on any atom is 0.505 e. The fourth-order valence-corrected chi connectivity index (χ4v) is 2.99. The van der Waals surface area contributed by atoms with Gasteiger partial charge in [0, 0.05) is 4.78 Å². The van der Waals surface area contributed by atoms with Gasteiger partial charge < -0.3 is 9.31 Å². The maximum absolute atomic E-state index is 6.12. The number of thiophene rings is 1. The van der Waals surface area contributed by atoms with Crippen molar-refractivity contribution in [2.45, 2.75) is 65.1 Å². The van der Waals surface area contributed by atoms with Crippen LogP contribution in [0.3, 0.4) is 0 Å². The Labute approximate surface area is 115 Å². The molecule has 0 spiro atoms. The fraction of sp³-hybridized carbons (Fsp3) is 0.714. The second kappa shape index (κ2) is 4.99. The van der Waals surface area contributed by atoms with Crippen LogP contribution in [-0.2, 0) is 15.7 Å². The summed E-state index contributed by atoms with van der Waals surface area (Å²) in [4.78, 5) is 0. The highest BCUT2D eigenvalue weighted by molar-refractivity contribution is 7.21. The molecule has 4 heteroatoms. The van der Waals surface area contributed by atoms with Crippen molar-refractivity contribution in [2.24, 2.45) is 0 Å². The minimum atomic E-state index is -0.246. The highest BCUT2D eigenvalue weighted by Gasteiger charge is 2.52. The maximum atomic E-state index is 6.12. The topological polar surface area (TPSA) is 18.5 Å². The Balaban J connectivity index is 2.17. The summed E-state index contributed by atoms with van der Waals surface area (Å²) >= 11 is 1.75. The van der Waals surface area contributed by atoms with Crippen molar-refractivity contribution in [3.63, 3.8) is 0 Å². The Morgan fingerprint density at radius 1 is 1.17 bits per heavy atom.